The van der Waals surface area contributed by atoms with Gasteiger partial charge in [0.15, 0.2) is 11.9 Å². The number of aromatic nitrogens is 1. The third kappa shape index (κ3) is 3.32. The Hall–Kier alpha value is -0.880. The first-order chi connectivity index (χ1) is 6.81. The Morgan fingerprint density at radius 2 is 2.07 bits per heavy atom. The van der Waals surface area contributed by atoms with Gasteiger partial charge in [0.2, 0.25) is 6.20 Å². The van der Waals surface area contributed by atoms with Crippen molar-refractivity contribution in [3.63, 3.8) is 0 Å². The molecule has 1 atom stereocenters. The van der Waals surface area contributed by atoms with Crippen LogP contribution >= 0.6 is 23.2 Å². The molecule has 1 aromatic heterocycles. The Balaban J connectivity index is 2.89. The average Bonchev–Trinajstić information content (AvgIpc) is 1.99. The second kappa shape index (κ2) is 4.32. The Labute approximate surface area is 92.6 Å². The molecule has 84 valence electrons. The Bertz CT molecular complexity index is 342. The first-order valence-corrected chi connectivity index (χ1v) is 4.37. The van der Waals surface area contributed by atoms with Gasteiger partial charge in [0.05, 0.1) is 0 Å². The molecule has 0 saturated carbocycles. The molecule has 0 bridgehead atoms. The van der Waals surface area contributed by atoms with Crippen molar-refractivity contribution in [1.29, 1.82) is 0 Å². The highest BCUT2D eigenvalue weighted by Crippen LogP contribution is 2.28. The van der Waals surface area contributed by atoms with Crippen LogP contribution in [0.4, 0.5) is 13.2 Å². The summed E-state index contributed by atoms with van der Waals surface area (Å²) >= 11 is 9.93. The van der Waals surface area contributed by atoms with Gasteiger partial charge in [0.25, 0.3) is 5.63 Å². The SMILES string of the molecule is [O-][n+]1cc(Cl)cc(OC(F)(F)C(F)Cl)c1. The van der Waals surface area contributed by atoms with Crippen molar-refractivity contribution in [2.45, 2.75) is 11.7 Å². The molecule has 0 aliphatic rings. The smallest absolute Gasteiger partial charge is 0.444 e. The zero-order valence-corrected chi connectivity index (χ0v) is 8.47. The first-order valence-electron chi connectivity index (χ1n) is 3.55. The predicted octanol–water partition coefficient (Wildman–Crippen LogP) is 2.48. The van der Waals surface area contributed by atoms with Crippen LogP contribution in [-0.4, -0.2) is 11.7 Å². The second-order valence-corrected chi connectivity index (χ2v) is 3.33. The van der Waals surface area contributed by atoms with E-state index >= 15 is 0 Å². The lowest BCUT2D eigenvalue weighted by atomic mass is 10.4. The van der Waals surface area contributed by atoms with Crippen molar-refractivity contribution in [2.75, 3.05) is 0 Å². The van der Waals surface area contributed by atoms with Gasteiger partial charge < -0.3 is 9.94 Å². The minimum Gasteiger partial charge on any atom is -0.619 e. The first kappa shape index (κ1) is 12.2. The van der Waals surface area contributed by atoms with Gasteiger partial charge in [-0.1, -0.05) is 23.2 Å². The third-order valence-electron chi connectivity index (χ3n) is 1.29. The lowest BCUT2D eigenvalue weighted by Gasteiger charge is -2.16. The zero-order valence-electron chi connectivity index (χ0n) is 6.96. The molecule has 3 nitrogen and oxygen atoms in total. The van der Waals surface area contributed by atoms with E-state index in [0.29, 0.717) is 6.20 Å². The monoisotopic (exact) mass is 261 g/mol. The summed E-state index contributed by atoms with van der Waals surface area (Å²) in [6.07, 6.45) is -2.64. The van der Waals surface area contributed by atoms with Gasteiger partial charge in [-0.15, -0.1) is 0 Å². The topological polar surface area (TPSA) is 36.2 Å². The summed E-state index contributed by atoms with van der Waals surface area (Å²) in [4.78, 5) is 0. The Kier molecular flexibility index (Phi) is 3.51. The number of hydrogen-bond donors (Lipinski definition) is 0. The van der Waals surface area contributed by atoms with Gasteiger partial charge in [-0.05, 0) is 0 Å². The molecule has 1 rings (SSSR count). The van der Waals surface area contributed by atoms with Crippen LogP contribution < -0.4 is 9.47 Å². The molecule has 0 amide bonds. The molecule has 1 heterocycles. The summed E-state index contributed by atoms with van der Waals surface area (Å²) < 4.78 is 41.4. The molecule has 0 fully saturated rings. The van der Waals surface area contributed by atoms with E-state index in [1.807, 2.05) is 0 Å². The standard InChI is InChI=1S/C7H4Cl2F3NO2/c8-4-1-5(3-13(14)2-4)15-7(11,12)6(9)10/h1-3,6H. The van der Waals surface area contributed by atoms with Gasteiger partial charge in [0.1, 0.15) is 5.02 Å². The Morgan fingerprint density at radius 1 is 1.47 bits per heavy atom. The molecular weight excluding hydrogens is 258 g/mol. The van der Waals surface area contributed by atoms with E-state index in [2.05, 4.69) is 16.3 Å². The van der Waals surface area contributed by atoms with Gasteiger partial charge in [-0.3, -0.25) is 0 Å². The summed E-state index contributed by atoms with van der Waals surface area (Å²) in [6.45, 7) is 0. The van der Waals surface area contributed by atoms with Crippen LogP contribution in [-0.2, 0) is 0 Å². The molecule has 8 heteroatoms. The van der Waals surface area contributed by atoms with E-state index in [9.17, 15) is 18.4 Å². The van der Waals surface area contributed by atoms with E-state index in [1.54, 1.807) is 0 Å². The fraction of sp³-hybridized carbons (Fsp3) is 0.286. The van der Waals surface area contributed by atoms with E-state index in [0.717, 1.165) is 12.3 Å². The Morgan fingerprint density at radius 3 is 2.53 bits per heavy atom. The van der Waals surface area contributed by atoms with Crippen LogP contribution in [0, 0.1) is 5.21 Å². The fourth-order valence-electron chi connectivity index (χ4n) is 0.752. The van der Waals surface area contributed by atoms with Gasteiger partial charge in [-0.2, -0.15) is 13.5 Å². The number of hydrogen-bond acceptors (Lipinski definition) is 2. The van der Waals surface area contributed by atoms with Crippen LogP contribution in [0.3, 0.4) is 0 Å². The predicted molar refractivity (Wildman–Crippen MR) is 46.7 cm³/mol. The number of halogens is 5. The maximum Gasteiger partial charge on any atom is 0.444 e. The van der Waals surface area contributed by atoms with Gasteiger partial charge >= 0.3 is 6.11 Å². The molecule has 0 saturated heterocycles. The minimum absolute atomic E-state index is 0.122. The number of ether oxygens (including phenoxy) is 1. The van der Waals surface area contributed by atoms with Crippen LogP contribution in [0.15, 0.2) is 18.5 Å². The molecular formula is C7H4Cl2F3NO2. The van der Waals surface area contributed by atoms with Crippen molar-refractivity contribution >= 4 is 23.2 Å². The van der Waals surface area contributed by atoms with E-state index in [1.165, 1.54) is 0 Å². The molecule has 0 radical (unpaired) electrons. The van der Waals surface area contributed by atoms with Crippen LogP contribution in [0.5, 0.6) is 5.75 Å². The van der Waals surface area contributed by atoms with Crippen molar-refractivity contribution in [3.05, 3.63) is 28.7 Å². The number of rotatable bonds is 3. The molecule has 0 aromatic carbocycles. The van der Waals surface area contributed by atoms with Crippen LogP contribution in [0.25, 0.3) is 0 Å². The number of nitrogens with zero attached hydrogens (tertiary/aromatic N) is 1. The van der Waals surface area contributed by atoms with Crippen LogP contribution in [0.1, 0.15) is 0 Å². The van der Waals surface area contributed by atoms with Crippen molar-refractivity contribution in [1.82, 2.24) is 0 Å². The summed E-state index contributed by atoms with van der Waals surface area (Å²) in [5, 5.41) is 10.6. The lowest BCUT2D eigenvalue weighted by molar-refractivity contribution is -0.606. The van der Waals surface area contributed by atoms with E-state index in [4.69, 9.17) is 11.6 Å². The minimum atomic E-state index is -4.22. The highest BCUT2D eigenvalue weighted by Gasteiger charge is 2.42. The average molecular weight is 262 g/mol. The maximum absolute atomic E-state index is 12.6. The molecule has 0 spiro atoms. The lowest BCUT2D eigenvalue weighted by Crippen LogP contribution is -2.34. The van der Waals surface area contributed by atoms with Gasteiger partial charge in [0, 0.05) is 6.07 Å². The number of pyridine rings is 1. The normalized spacial score (nSPS) is 13.7. The molecule has 1 unspecified atom stereocenters. The van der Waals surface area contributed by atoms with Gasteiger partial charge in [-0.25, -0.2) is 4.39 Å². The summed E-state index contributed by atoms with van der Waals surface area (Å²) in [6, 6.07) is 0.934. The maximum atomic E-state index is 12.6. The zero-order chi connectivity index (χ0) is 11.6. The second-order valence-electron chi connectivity index (χ2n) is 2.51. The molecule has 0 N–H and O–H groups in total. The third-order valence-corrected chi connectivity index (χ3v) is 1.75. The van der Waals surface area contributed by atoms with Crippen LogP contribution in [0.2, 0.25) is 5.02 Å². The highest BCUT2D eigenvalue weighted by molar-refractivity contribution is 6.30. The van der Waals surface area contributed by atoms with E-state index in [-0.39, 0.29) is 9.75 Å². The fourth-order valence-corrected chi connectivity index (χ4v) is 1.00. The van der Waals surface area contributed by atoms with Crippen molar-refractivity contribution in [3.8, 4) is 5.75 Å². The van der Waals surface area contributed by atoms with Crippen molar-refractivity contribution in [2.24, 2.45) is 0 Å². The number of alkyl halides is 4. The van der Waals surface area contributed by atoms with Crippen molar-refractivity contribution < 1.29 is 22.6 Å². The molecule has 1 aromatic rings. The molecule has 0 aliphatic heterocycles. The summed E-state index contributed by atoms with van der Waals surface area (Å²) in [5.41, 5.74) is -3.02. The molecule has 15 heavy (non-hydrogen) atoms. The molecule has 0 aliphatic carbocycles. The highest BCUT2D eigenvalue weighted by atomic mass is 35.5. The van der Waals surface area contributed by atoms with E-state index < -0.39 is 17.5 Å². The quantitative estimate of drug-likeness (QED) is 0.476. The summed E-state index contributed by atoms with van der Waals surface area (Å²) in [5.74, 6) is -0.578. The largest absolute Gasteiger partial charge is 0.619 e. The summed E-state index contributed by atoms with van der Waals surface area (Å²) in [7, 11) is 0.